The standard InChI is InChI=1S/C18H27N3O3S/c1-14(22)21-9-6-16-4-5-18(11-17(16)7-10-21)25(23,24)20-13-15-3-2-8-19-12-15/h4-5,11,15,19-20H,2-3,6-10,12-13H2,1H3. The molecule has 1 fully saturated rings. The third-order valence-electron chi connectivity index (χ3n) is 5.20. The van der Waals surface area contributed by atoms with E-state index in [1.54, 1.807) is 19.1 Å². The number of nitrogens with one attached hydrogen (secondary N) is 2. The summed E-state index contributed by atoms with van der Waals surface area (Å²) in [5.74, 6) is 0.428. The highest BCUT2D eigenvalue weighted by molar-refractivity contribution is 7.89. The van der Waals surface area contributed by atoms with E-state index >= 15 is 0 Å². The lowest BCUT2D eigenvalue weighted by atomic mass is 10.0. The Balaban J connectivity index is 1.69. The lowest BCUT2D eigenvalue weighted by Crippen LogP contribution is -2.38. The Hall–Kier alpha value is -1.44. The summed E-state index contributed by atoms with van der Waals surface area (Å²) < 4.78 is 28.0. The van der Waals surface area contributed by atoms with Gasteiger partial charge in [0.2, 0.25) is 15.9 Å². The maximum absolute atomic E-state index is 12.6. The summed E-state index contributed by atoms with van der Waals surface area (Å²) in [4.78, 5) is 13.7. The molecule has 0 spiro atoms. The van der Waals surface area contributed by atoms with Gasteiger partial charge in [-0.05, 0) is 68.0 Å². The summed E-state index contributed by atoms with van der Waals surface area (Å²) in [5, 5.41) is 3.30. The van der Waals surface area contributed by atoms with Crippen molar-refractivity contribution in [2.45, 2.75) is 37.5 Å². The van der Waals surface area contributed by atoms with Crippen LogP contribution in [0.1, 0.15) is 30.9 Å². The Morgan fingerprint density at radius 3 is 2.72 bits per heavy atom. The second-order valence-electron chi connectivity index (χ2n) is 7.00. The highest BCUT2D eigenvalue weighted by atomic mass is 32.2. The molecule has 2 N–H and O–H groups in total. The molecule has 1 amide bonds. The molecule has 1 saturated heterocycles. The van der Waals surface area contributed by atoms with Crippen molar-refractivity contribution in [2.75, 3.05) is 32.7 Å². The van der Waals surface area contributed by atoms with Crippen molar-refractivity contribution in [1.29, 1.82) is 0 Å². The Bertz CT molecular complexity index is 727. The number of hydrogen-bond acceptors (Lipinski definition) is 4. The highest BCUT2D eigenvalue weighted by Gasteiger charge is 2.21. The van der Waals surface area contributed by atoms with E-state index in [9.17, 15) is 13.2 Å². The lowest BCUT2D eigenvalue weighted by molar-refractivity contribution is -0.128. The SMILES string of the molecule is CC(=O)N1CCc2ccc(S(=O)(=O)NCC3CCCNC3)cc2CC1. The van der Waals surface area contributed by atoms with Gasteiger partial charge in [-0.3, -0.25) is 4.79 Å². The number of nitrogens with zero attached hydrogens (tertiary/aromatic N) is 1. The number of piperidine rings is 1. The first-order chi connectivity index (χ1) is 12.0. The molecule has 1 aromatic carbocycles. The van der Waals surface area contributed by atoms with Gasteiger partial charge in [0.25, 0.3) is 0 Å². The molecule has 3 rings (SSSR count). The van der Waals surface area contributed by atoms with Crippen LogP contribution in [0.4, 0.5) is 0 Å². The van der Waals surface area contributed by atoms with Crippen LogP contribution in [0.15, 0.2) is 23.1 Å². The van der Waals surface area contributed by atoms with Gasteiger partial charge in [-0.2, -0.15) is 0 Å². The molecular formula is C18H27N3O3S. The second kappa shape index (κ2) is 7.85. The molecule has 25 heavy (non-hydrogen) atoms. The summed E-state index contributed by atoms with van der Waals surface area (Å²) in [5.41, 5.74) is 2.17. The quantitative estimate of drug-likeness (QED) is 0.831. The Morgan fingerprint density at radius 1 is 1.28 bits per heavy atom. The minimum atomic E-state index is -3.49. The fourth-order valence-electron chi connectivity index (χ4n) is 3.59. The van der Waals surface area contributed by atoms with Crippen molar-refractivity contribution < 1.29 is 13.2 Å². The maximum Gasteiger partial charge on any atom is 0.240 e. The number of carbonyl (C=O) groups excluding carboxylic acids is 1. The van der Waals surface area contributed by atoms with Crippen LogP contribution in [0.5, 0.6) is 0 Å². The molecule has 2 aliphatic heterocycles. The number of rotatable bonds is 4. The van der Waals surface area contributed by atoms with Crippen LogP contribution in [0.2, 0.25) is 0 Å². The van der Waals surface area contributed by atoms with E-state index in [1.165, 1.54) is 0 Å². The number of fused-ring (bicyclic) bond motifs is 1. The van der Waals surface area contributed by atoms with Gasteiger partial charge >= 0.3 is 0 Å². The number of benzene rings is 1. The molecule has 6 nitrogen and oxygen atoms in total. The highest BCUT2D eigenvalue weighted by Crippen LogP contribution is 2.21. The van der Waals surface area contributed by atoms with Crippen LogP contribution in [-0.2, 0) is 27.7 Å². The molecule has 1 atom stereocenters. The normalized spacial score (nSPS) is 21.5. The average Bonchev–Trinajstić information content (AvgIpc) is 2.83. The van der Waals surface area contributed by atoms with E-state index in [-0.39, 0.29) is 5.91 Å². The predicted molar refractivity (Wildman–Crippen MR) is 96.9 cm³/mol. The minimum absolute atomic E-state index is 0.0726. The summed E-state index contributed by atoms with van der Waals surface area (Å²) in [6, 6.07) is 5.36. The van der Waals surface area contributed by atoms with Crippen LogP contribution in [0.25, 0.3) is 0 Å². The zero-order chi connectivity index (χ0) is 17.9. The third kappa shape index (κ3) is 4.59. The topological polar surface area (TPSA) is 78.5 Å². The number of carbonyl (C=O) groups is 1. The summed E-state index contributed by atoms with van der Waals surface area (Å²) in [7, 11) is -3.49. The fourth-order valence-corrected chi connectivity index (χ4v) is 4.76. The van der Waals surface area contributed by atoms with Gasteiger partial charge in [-0.25, -0.2) is 13.1 Å². The first-order valence-corrected chi connectivity index (χ1v) is 10.5. The molecule has 7 heteroatoms. The summed E-state index contributed by atoms with van der Waals surface area (Å²) in [6.07, 6.45) is 3.62. The molecule has 2 heterocycles. The molecule has 0 saturated carbocycles. The Kier molecular flexibility index (Phi) is 5.76. The molecule has 0 radical (unpaired) electrons. The summed E-state index contributed by atoms with van der Waals surface area (Å²) in [6.45, 7) is 5.29. The van der Waals surface area contributed by atoms with Crippen molar-refractivity contribution in [3.63, 3.8) is 0 Å². The summed E-state index contributed by atoms with van der Waals surface area (Å²) >= 11 is 0. The van der Waals surface area contributed by atoms with Crippen molar-refractivity contribution in [2.24, 2.45) is 5.92 Å². The number of hydrogen-bond donors (Lipinski definition) is 2. The van der Waals surface area contributed by atoms with E-state index in [1.807, 2.05) is 11.0 Å². The van der Waals surface area contributed by atoms with Crippen molar-refractivity contribution in [3.8, 4) is 0 Å². The van der Waals surface area contributed by atoms with Gasteiger partial charge in [0.1, 0.15) is 0 Å². The zero-order valence-corrected chi connectivity index (χ0v) is 15.6. The molecule has 1 unspecified atom stereocenters. The fraction of sp³-hybridized carbons (Fsp3) is 0.611. The lowest BCUT2D eigenvalue weighted by Gasteiger charge is -2.23. The molecule has 0 aliphatic carbocycles. The Morgan fingerprint density at radius 2 is 2.04 bits per heavy atom. The van der Waals surface area contributed by atoms with Crippen molar-refractivity contribution >= 4 is 15.9 Å². The van der Waals surface area contributed by atoms with E-state index in [2.05, 4.69) is 10.0 Å². The van der Waals surface area contributed by atoms with Crippen LogP contribution in [0, 0.1) is 5.92 Å². The third-order valence-corrected chi connectivity index (χ3v) is 6.62. The van der Waals surface area contributed by atoms with Gasteiger partial charge < -0.3 is 10.2 Å². The van der Waals surface area contributed by atoms with Crippen LogP contribution >= 0.6 is 0 Å². The van der Waals surface area contributed by atoms with Gasteiger partial charge in [0, 0.05) is 26.6 Å². The van der Waals surface area contributed by atoms with Crippen molar-refractivity contribution in [3.05, 3.63) is 29.3 Å². The molecular weight excluding hydrogens is 338 g/mol. The molecule has 0 aromatic heterocycles. The number of sulfonamides is 1. The van der Waals surface area contributed by atoms with Gasteiger partial charge in [0.05, 0.1) is 4.90 Å². The molecule has 1 aromatic rings. The van der Waals surface area contributed by atoms with E-state index in [4.69, 9.17) is 0 Å². The van der Waals surface area contributed by atoms with Crippen LogP contribution < -0.4 is 10.0 Å². The minimum Gasteiger partial charge on any atom is -0.342 e. The largest absolute Gasteiger partial charge is 0.342 e. The maximum atomic E-state index is 12.6. The first-order valence-electron chi connectivity index (χ1n) is 9.03. The van der Waals surface area contributed by atoms with E-state index in [0.717, 1.165) is 43.5 Å². The molecule has 0 bridgehead atoms. The van der Waals surface area contributed by atoms with Gasteiger partial charge in [-0.15, -0.1) is 0 Å². The van der Waals surface area contributed by atoms with E-state index < -0.39 is 10.0 Å². The first kappa shape index (κ1) is 18.4. The monoisotopic (exact) mass is 365 g/mol. The molecule has 2 aliphatic rings. The van der Waals surface area contributed by atoms with Crippen LogP contribution in [0.3, 0.4) is 0 Å². The molecule has 138 valence electrons. The second-order valence-corrected chi connectivity index (χ2v) is 8.77. The van der Waals surface area contributed by atoms with Crippen LogP contribution in [-0.4, -0.2) is 51.9 Å². The number of amides is 1. The van der Waals surface area contributed by atoms with E-state index in [0.29, 0.717) is 36.9 Å². The predicted octanol–water partition coefficient (Wildman–Crippen LogP) is 0.912. The zero-order valence-electron chi connectivity index (χ0n) is 14.8. The van der Waals surface area contributed by atoms with Gasteiger partial charge in [-0.1, -0.05) is 6.07 Å². The Labute approximate surface area is 150 Å². The van der Waals surface area contributed by atoms with Gasteiger partial charge in [0.15, 0.2) is 0 Å². The smallest absolute Gasteiger partial charge is 0.240 e. The van der Waals surface area contributed by atoms with Crippen molar-refractivity contribution in [1.82, 2.24) is 14.9 Å². The average molecular weight is 365 g/mol.